The van der Waals surface area contributed by atoms with Gasteiger partial charge in [-0.2, -0.15) is 0 Å². The van der Waals surface area contributed by atoms with Crippen LogP contribution in [0.5, 0.6) is 0 Å². The maximum absolute atomic E-state index is 12.3. The first-order chi connectivity index (χ1) is 7.78. The first-order valence-corrected chi connectivity index (χ1v) is 6.76. The van der Waals surface area contributed by atoms with Gasteiger partial charge in [-0.15, -0.1) is 0 Å². The van der Waals surface area contributed by atoms with Crippen molar-refractivity contribution < 1.29 is 4.79 Å². The molecule has 0 aromatic rings. The number of nitrogens with zero attached hydrogens (tertiary/aromatic N) is 1. The molecule has 3 atom stereocenters. The largest absolute Gasteiger partial charge is 0.342 e. The van der Waals surface area contributed by atoms with Gasteiger partial charge in [0.05, 0.1) is 0 Å². The van der Waals surface area contributed by atoms with E-state index in [0.29, 0.717) is 17.7 Å². The van der Waals surface area contributed by atoms with Crippen LogP contribution in [0.2, 0.25) is 0 Å². The fourth-order valence-corrected chi connectivity index (χ4v) is 3.63. The number of hydrogen-bond donors (Lipinski definition) is 1. The average Bonchev–Trinajstić information content (AvgIpc) is 2.95. The van der Waals surface area contributed by atoms with Crippen molar-refractivity contribution in [3.63, 3.8) is 0 Å². The molecule has 1 saturated heterocycles. The quantitative estimate of drug-likeness (QED) is 0.764. The van der Waals surface area contributed by atoms with E-state index in [4.69, 9.17) is 5.73 Å². The van der Waals surface area contributed by atoms with Gasteiger partial charge in [-0.05, 0) is 56.4 Å². The van der Waals surface area contributed by atoms with Gasteiger partial charge in [0.2, 0.25) is 5.91 Å². The summed E-state index contributed by atoms with van der Waals surface area (Å²) in [6.07, 6.45) is 6.10. The summed E-state index contributed by atoms with van der Waals surface area (Å²) in [6, 6.07) is 0. The fourth-order valence-electron chi connectivity index (χ4n) is 3.63. The second-order valence-electron chi connectivity index (χ2n) is 5.95. The van der Waals surface area contributed by atoms with E-state index < -0.39 is 0 Å². The average molecular weight is 222 g/mol. The van der Waals surface area contributed by atoms with Crippen molar-refractivity contribution in [3.8, 4) is 0 Å². The lowest BCUT2D eigenvalue weighted by Crippen LogP contribution is -2.44. The molecule has 3 rings (SSSR count). The summed E-state index contributed by atoms with van der Waals surface area (Å²) in [5, 5.41) is 0. The zero-order chi connectivity index (χ0) is 11.1. The number of nitrogens with two attached hydrogens (primary N) is 1. The number of rotatable bonds is 2. The van der Waals surface area contributed by atoms with E-state index in [9.17, 15) is 4.79 Å². The van der Waals surface area contributed by atoms with Gasteiger partial charge in [0, 0.05) is 19.0 Å². The number of amides is 1. The minimum Gasteiger partial charge on any atom is -0.342 e. The van der Waals surface area contributed by atoms with Crippen LogP contribution in [0.15, 0.2) is 0 Å². The molecular formula is C13H22N2O. The lowest BCUT2D eigenvalue weighted by Gasteiger charge is -2.34. The van der Waals surface area contributed by atoms with Gasteiger partial charge in [0.1, 0.15) is 0 Å². The van der Waals surface area contributed by atoms with E-state index >= 15 is 0 Å². The van der Waals surface area contributed by atoms with Crippen LogP contribution in [-0.2, 0) is 4.79 Å². The first kappa shape index (κ1) is 10.6. The van der Waals surface area contributed by atoms with Crippen LogP contribution < -0.4 is 5.73 Å². The highest BCUT2D eigenvalue weighted by molar-refractivity contribution is 5.79. The van der Waals surface area contributed by atoms with Crippen LogP contribution in [0.4, 0.5) is 0 Å². The summed E-state index contributed by atoms with van der Waals surface area (Å²) < 4.78 is 0. The molecule has 3 fully saturated rings. The highest BCUT2D eigenvalue weighted by Crippen LogP contribution is 2.54. The van der Waals surface area contributed by atoms with Crippen LogP contribution in [0, 0.1) is 23.7 Å². The van der Waals surface area contributed by atoms with Crippen LogP contribution in [0.1, 0.15) is 32.1 Å². The van der Waals surface area contributed by atoms with Crippen molar-refractivity contribution in [2.45, 2.75) is 32.1 Å². The Balaban J connectivity index is 1.57. The monoisotopic (exact) mass is 222 g/mol. The summed E-state index contributed by atoms with van der Waals surface area (Å²) in [7, 11) is 0. The SMILES string of the molecule is NCC1CCCN(C(=O)C2CC3CC3C2)C1. The standard InChI is InChI=1S/C13H22N2O/c14-7-9-2-1-3-15(8-9)13(16)12-5-10-4-11(10)6-12/h9-12H,1-8,14H2. The maximum Gasteiger partial charge on any atom is 0.225 e. The van der Waals surface area contributed by atoms with E-state index in [2.05, 4.69) is 4.90 Å². The molecule has 2 N–H and O–H groups in total. The molecule has 0 spiro atoms. The normalized spacial score (nSPS) is 41.9. The Morgan fingerprint density at radius 2 is 2.00 bits per heavy atom. The van der Waals surface area contributed by atoms with Crippen molar-refractivity contribution in [1.29, 1.82) is 0 Å². The van der Waals surface area contributed by atoms with Gasteiger partial charge >= 0.3 is 0 Å². The first-order valence-electron chi connectivity index (χ1n) is 6.76. The number of hydrogen-bond acceptors (Lipinski definition) is 2. The minimum absolute atomic E-state index is 0.361. The predicted octanol–water partition coefficient (Wildman–Crippen LogP) is 1.23. The molecule has 0 aromatic carbocycles. The van der Waals surface area contributed by atoms with Gasteiger partial charge in [0.25, 0.3) is 0 Å². The Hall–Kier alpha value is -0.570. The molecular weight excluding hydrogens is 200 g/mol. The number of likely N-dealkylation sites (tertiary alicyclic amines) is 1. The van der Waals surface area contributed by atoms with E-state index in [-0.39, 0.29) is 0 Å². The van der Waals surface area contributed by atoms with Crippen molar-refractivity contribution in [3.05, 3.63) is 0 Å². The van der Waals surface area contributed by atoms with Crippen LogP contribution in [0.3, 0.4) is 0 Å². The molecule has 90 valence electrons. The second kappa shape index (κ2) is 4.02. The Morgan fingerprint density at radius 1 is 1.25 bits per heavy atom. The molecule has 0 bridgehead atoms. The summed E-state index contributed by atoms with van der Waals surface area (Å²) in [4.78, 5) is 14.4. The molecule has 1 aliphatic heterocycles. The molecule has 1 heterocycles. The number of carbonyl (C=O) groups is 1. The van der Waals surface area contributed by atoms with E-state index in [0.717, 1.165) is 37.9 Å². The molecule has 1 amide bonds. The zero-order valence-electron chi connectivity index (χ0n) is 9.90. The van der Waals surface area contributed by atoms with Crippen molar-refractivity contribution in [2.24, 2.45) is 29.4 Å². The van der Waals surface area contributed by atoms with Gasteiger partial charge in [-0.1, -0.05) is 0 Å². The zero-order valence-corrected chi connectivity index (χ0v) is 9.90. The third kappa shape index (κ3) is 1.86. The van der Waals surface area contributed by atoms with Gasteiger partial charge in [0.15, 0.2) is 0 Å². The minimum atomic E-state index is 0.361. The third-order valence-corrected chi connectivity index (χ3v) is 4.76. The Morgan fingerprint density at radius 3 is 2.69 bits per heavy atom. The molecule has 2 aliphatic carbocycles. The van der Waals surface area contributed by atoms with Crippen molar-refractivity contribution in [1.82, 2.24) is 4.90 Å². The summed E-state index contributed by atoms with van der Waals surface area (Å²) in [5.74, 6) is 3.16. The second-order valence-corrected chi connectivity index (χ2v) is 5.95. The third-order valence-electron chi connectivity index (χ3n) is 4.76. The smallest absolute Gasteiger partial charge is 0.225 e. The molecule has 3 heteroatoms. The summed E-state index contributed by atoms with van der Waals surface area (Å²) in [5.41, 5.74) is 5.71. The van der Waals surface area contributed by atoms with Crippen LogP contribution in [-0.4, -0.2) is 30.4 Å². The number of carbonyl (C=O) groups excluding carboxylic acids is 1. The molecule has 3 aliphatic rings. The van der Waals surface area contributed by atoms with Crippen molar-refractivity contribution >= 4 is 5.91 Å². The van der Waals surface area contributed by atoms with Crippen molar-refractivity contribution in [2.75, 3.05) is 19.6 Å². The van der Waals surface area contributed by atoms with Gasteiger partial charge in [-0.3, -0.25) is 4.79 Å². The topological polar surface area (TPSA) is 46.3 Å². The molecule has 3 unspecified atom stereocenters. The summed E-state index contributed by atoms with van der Waals surface area (Å²) in [6.45, 7) is 2.63. The fraction of sp³-hybridized carbons (Fsp3) is 0.923. The molecule has 16 heavy (non-hydrogen) atoms. The highest BCUT2D eigenvalue weighted by atomic mass is 16.2. The molecule has 2 saturated carbocycles. The van der Waals surface area contributed by atoms with Gasteiger partial charge < -0.3 is 10.6 Å². The molecule has 0 aromatic heterocycles. The lowest BCUT2D eigenvalue weighted by molar-refractivity contribution is -0.137. The Labute approximate surface area is 97.4 Å². The molecule has 0 radical (unpaired) electrons. The van der Waals surface area contributed by atoms with Gasteiger partial charge in [-0.25, -0.2) is 0 Å². The number of fused-ring (bicyclic) bond motifs is 1. The molecule has 3 nitrogen and oxygen atoms in total. The Bertz CT molecular complexity index is 282. The number of piperidine rings is 1. The van der Waals surface area contributed by atoms with Crippen LogP contribution >= 0.6 is 0 Å². The lowest BCUT2D eigenvalue weighted by atomic mass is 9.95. The predicted molar refractivity (Wildman–Crippen MR) is 62.7 cm³/mol. The maximum atomic E-state index is 12.3. The van der Waals surface area contributed by atoms with Crippen LogP contribution in [0.25, 0.3) is 0 Å². The Kier molecular flexibility index (Phi) is 2.66. The van der Waals surface area contributed by atoms with E-state index in [1.165, 1.54) is 25.7 Å². The highest BCUT2D eigenvalue weighted by Gasteiger charge is 2.48. The van der Waals surface area contributed by atoms with E-state index in [1.54, 1.807) is 0 Å². The summed E-state index contributed by atoms with van der Waals surface area (Å²) >= 11 is 0. The van der Waals surface area contributed by atoms with E-state index in [1.807, 2.05) is 0 Å².